The van der Waals surface area contributed by atoms with Crippen molar-refractivity contribution in [1.29, 1.82) is 0 Å². The van der Waals surface area contributed by atoms with Crippen molar-refractivity contribution in [3.8, 4) is 0 Å². The van der Waals surface area contributed by atoms with Gasteiger partial charge in [0.05, 0.1) is 0 Å². The first kappa shape index (κ1) is 7.42. The molecule has 0 N–H and O–H groups in total. The molecule has 0 aromatic rings. The van der Waals surface area contributed by atoms with E-state index in [0.717, 1.165) is 6.08 Å². The van der Waals surface area contributed by atoms with Gasteiger partial charge in [0, 0.05) is 0 Å². The van der Waals surface area contributed by atoms with Crippen LogP contribution >= 0.6 is 12.7 Å². The van der Waals surface area contributed by atoms with Crippen LogP contribution in [0.4, 0.5) is 0 Å². The number of carbonyl (C=O) groups is 1. The average Bonchev–Trinajstić information content (AvgIpc) is 1.68. The van der Waals surface area contributed by atoms with Gasteiger partial charge in [0.2, 0.25) is 0 Å². The molecule has 0 aliphatic heterocycles. The Hall–Kier alpha value is 0.420. The Kier molecular flexibility index (Phi) is 4.85. The summed E-state index contributed by atoms with van der Waals surface area (Å²) in [5, 5.41) is 0. The summed E-state index contributed by atoms with van der Waals surface area (Å²) in [6.07, 6.45) is 1.14. The van der Waals surface area contributed by atoms with E-state index in [2.05, 4.69) is 22.3 Å². The Balaban J connectivity index is 3.17. The molecular formula is C3H3BrIO2-. The Morgan fingerprint density at radius 3 is 2.71 bits per heavy atom. The summed E-state index contributed by atoms with van der Waals surface area (Å²) >= 11 is 2.46. The minimum absolute atomic E-state index is 0.357. The van der Waals surface area contributed by atoms with Gasteiger partial charge in [-0.15, -0.1) is 0 Å². The second kappa shape index (κ2) is 4.58. The third kappa shape index (κ3) is 4.27. The van der Waals surface area contributed by atoms with E-state index in [1.165, 1.54) is 0 Å². The van der Waals surface area contributed by atoms with Crippen LogP contribution < -0.4 is 19.4 Å². The number of hydrogen-bond donors (Lipinski definition) is 0. The number of carbonyl (C=O) groups excluding carboxylic acids is 1. The van der Waals surface area contributed by atoms with Gasteiger partial charge in [-0.3, -0.25) is 0 Å². The molecule has 0 heterocycles. The predicted molar refractivity (Wildman–Crippen MR) is 25.2 cm³/mol. The molecule has 0 saturated heterocycles. The van der Waals surface area contributed by atoms with Crippen LogP contribution in [0, 0.1) is 0 Å². The van der Waals surface area contributed by atoms with Gasteiger partial charge in [-0.25, -0.2) is 0 Å². The number of halogens is 2. The van der Waals surface area contributed by atoms with Crippen molar-refractivity contribution >= 4 is 18.7 Å². The van der Waals surface area contributed by atoms with Gasteiger partial charge in [-0.1, -0.05) is 0 Å². The van der Waals surface area contributed by atoms with Gasteiger partial charge in [0.25, 0.3) is 0 Å². The monoisotopic (exact) mass is 277 g/mol. The Morgan fingerprint density at radius 1 is 2.00 bits per heavy atom. The molecule has 0 saturated carbocycles. The normalized spacial score (nSPS) is 8.14. The zero-order valence-corrected chi connectivity index (χ0v) is 7.10. The molecule has 4 heteroatoms. The van der Waals surface area contributed by atoms with Gasteiger partial charge in [0.15, 0.2) is 0 Å². The van der Waals surface area contributed by atoms with Crippen molar-refractivity contribution in [3.05, 3.63) is 12.7 Å². The van der Waals surface area contributed by atoms with Crippen LogP contribution in [0.2, 0.25) is 0 Å². The van der Waals surface area contributed by atoms with Gasteiger partial charge < -0.3 is 0 Å². The van der Waals surface area contributed by atoms with Crippen LogP contribution in [-0.2, 0) is 7.86 Å². The van der Waals surface area contributed by atoms with Crippen molar-refractivity contribution in [2.24, 2.45) is 0 Å². The predicted octanol–water partition coefficient (Wildman–Crippen LogP) is -1.97. The molecule has 0 rings (SSSR count). The van der Waals surface area contributed by atoms with Crippen molar-refractivity contribution in [2.45, 2.75) is 0 Å². The van der Waals surface area contributed by atoms with Crippen LogP contribution in [0.1, 0.15) is 0 Å². The van der Waals surface area contributed by atoms with Crippen LogP contribution in [0.25, 0.3) is 0 Å². The maximum atomic E-state index is 10.1. The first-order chi connectivity index (χ1) is 3.31. The molecule has 0 fully saturated rings. The molecule has 0 aromatic heterocycles. The van der Waals surface area contributed by atoms with Crippen LogP contribution in [-0.4, -0.2) is 5.97 Å². The van der Waals surface area contributed by atoms with E-state index in [1.54, 1.807) is 0 Å². The Bertz CT molecular complexity index is 83.0. The molecule has 0 aliphatic carbocycles. The molecule has 0 aromatic carbocycles. The third-order valence-electron chi connectivity index (χ3n) is 0.272. The first-order valence-corrected chi connectivity index (χ1v) is 7.12. The number of hydrogen-bond acceptors (Lipinski definition) is 2. The molecule has 0 amide bonds. The molecule has 7 heavy (non-hydrogen) atoms. The molecule has 0 bridgehead atoms. The van der Waals surface area contributed by atoms with Crippen LogP contribution in [0.3, 0.4) is 0 Å². The molecule has 0 aliphatic rings. The summed E-state index contributed by atoms with van der Waals surface area (Å²) in [6.45, 7) is 3.20. The molecule has 0 spiro atoms. The molecular weight excluding hydrogens is 275 g/mol. The second-order valence-corrected chi connectivity index (χ2v) is 3.07. The van der Waals surface area contributed by atoms with Crippen molar-refractivity contribution in [1.82, 2.24) is 0 Å². The zero-order valence-electron chi connectivity index (χ0n) is 3.36. The first-order valence-electron chi connectivity index (χ1n) is 1.40. The van der Waals surface area contributed by atoms with Gasteiger partial charge in [-0.2, -0.15) is 0 Å². The SMILES string of the molecule is C=CC(=O)O[I-]Br. The van der Waals surface area contributed by atoms with E-state index in [-0.39, 0.29) is 5.97 Å². The van der Waals surface area contributed by atoms with E-state index in [4.69, 9.17) is 0 Å². The fourth-order valence-corrected chi connectivity index (χ4v) is 1.21. The van der Waals surface area contributed by atoms with Crippen molar-refractivity contribution < 1.29 is 27.3 Å². The maximum absolute atomic E-state index is 10.1. The minimum atomic E-state index is -0.548. The van der Waals surface area contributed by atoms with E-state index < -0.39 is 19.4 Å². The van der Waals surface area contributed by atoms with Gasteiger partial charge >= 0.3 is 58.6 Å². The van der Waals surface area contributed by atoms with E-state index in [0.29, 0.717) is 0 Å². The summed E-state index contributed by atoms with van der Waals surface area (Å²) in [6, 6.07) is 0. The number of rotatable bonds is 2. The van der Waals surface area contributed by atoms with Crippen LogP contribution in [0.5, 0.6) is 0 Å². The summed E-state index contributed by atoms with van der Waals surface area (Å²) in [4.78, 5) is 10.1. The van der Waals surface area contributed by atoms with Crippen LogP contribution in [0.15, 0.2) is 12.7 Å². The molecule has 0 atom stereocenters. The molecule has 0 unspecified atom stereocenters. The molecule has 2 nitrogen and oxygen atoms in total. The summed E-state index contributed by atoms with van der Waals surface area (Å²) in [5.74, 6) is -0.357. The summed E-state index contributed by atoms with van der Waals surface area (Å²) < 4.78 is 4.46. The zero-order chi connectivity index (χ0) is 5.70. The Labute approximate surface area is 58.5 Å². The van der Waals surface area contributed by atoms with E-state index >= 15 is 0 Å². The second-order valence-electron chi connectivity index (χ2n) is 0.659. The van der Waals surface area contributed by atoms with Crippen molar-refractivity contribution in [2.75, 3.05) is 0 Å². The fourth-order valence-electron chi connectivity index (χ4n) is 0.0602. The standard InChI is InChI=1S/C3H3BrIO2/c1-2-3(6)7-5-4/h2H,1H2/q-1. The Morgan fingerprint density at radius 2 is 2.57 bits per heavy atom. The van der Waals surface area contributed by atoms with E-state index in [9.17, 15) is 4.79 Å². The average molecular weight is 278 g/mol. The van der Waals surface area contributed by atoms with Crippen molar-refractivity contribution in [3.63, 3.8) is 0 Å². The summed E-state index contributed by atoms with van der Waals surface area (Å²) in [5.41, 5.74) is 0. The quantitative estimate of drug-likeness (QED) is 0.432. The van der Waals surface area contributed by atoms with Gasteiger partial charge in [0.1, 0.15) is 0 Å². The van der Waals surface area contributed by atoms with E-state index in [1.807, 2.05) is 0 Å². The van der Waals surface area contributed by atoms with Gasteiger partial charge in [-0.05, 0) is 0 Å². The fraction of sp³-hybridized carbons (Fsp3) is 0. The topological polar surface area (TPSA) is 26.3 Å². The third-order valence-corrected chi connectivity index (χ3v) is 1.69. The molecule has 0 radical (unpaired) electrons. The molecule has 42 valence electrons. The summed E-state index contributed by atoms with van der Waals surface area (Å²) in [7, 11) is 0.